The van der Waals surface area contributed by atoms with Gasteiger partial charge in [-0.1, -0.05) is 24.3 Å². The van der Waals surface area contributed by atoms with Crippen LogP contribution in [0.4, 0.5) is 11.4 Å². The van der Waals surface area contributed by atoms with E-state index < -0.39 is 0 Å². The average Bonchev–Trinajstić information content (AvgIpc) is 2.80. The van der Waals surface area contributed by atoms with Gasteiger partial charge in [-0.3, -0.25) is 0 Å². The second-order valence-corrected chi connectivity index (χ2v) is 6.43. The molecule has 1 saturated heterocycles. The topological polar surface area (TPSA) is 33.7 Å². The van der Waals surface area contributed by atoms with Gasteiger partial charge in [0.05, 0.1) is 26.4 Å². The van der Waals surface area contributed by atoms with Gasteiger partial charge in [-0.25, -0.2) is 0 Å². The molecule has 24 heavy (non-hydrogen) atoms. The van der Waals surface area contributed by atoms with Crippen molar-refractivity contribution >= 4 is 11.4 Å². The predicted molar refractivity (Wildman–Crippen MR) is 96.5 cm³/mol. The Morgan fingerprint density at radius 2 is 1.96 bits per heavy atom. The first kappa shape index (κ1) is 15.5. The molecule has 4 rings (SSSR count). The van der Waals surface area contributed by atoms with Gasteiger partial charge in [-0.15, -0.1) is 0 Å². The molecular weight excluding hydrogens is 300 g/mol. The van der Waals surface area contributed by atoms with Gasteiger partial charge in [0, 0.05) is 30.5 Å². The van der Waals surface area contributed by atoms with E-state index in [2.05, 4.69) is 52.7 Å². The van der Waals surface area contributed by atoms with Crippen LogP contribution >= 0.6 is 0 Å². The highest BCUT2D eigenvalue weighted by molar-refractivity contribution is 5.72. The molecule has 4 heteroatoms. The molecule has 0 spiro atoms. The van der Waals surface area contributed by atoms with Crippen LogP contribution in [0.3, 0.4) is 0 Å². The van der Waals surface area contributed by atoms with E-state index in [4.69, 9.17) is 9.47 Å². The molecule has 0 bridgehead atoms. The van der Waals surface area contributed by atoms with Crippen molar-refractivity contribution in [2.75, 3.05) is 38.3 Å². The van der Waals surface area contributed by atoms with Crippen molar-refractivity contribution < 1.29 is 9.47 Å². The fraction of sp³-hybridized carbons (Fsp3) is 0.400. The molecule has 2 aromatic carbocycles. The van der Waals surface area contributed by atoms with Gasteiger partial charge in [0.2, 0.25) is 0 Å². The van der Waals surface area contributed by atoms with Crippen molar-refractivity contribution in [1.29, 1.82) is 0 Å². The molecule has 2 aromatic rings. The minimum atomic E-state index is 0.198. The number of benzene rings is 2. The van der Waals surface area contributed by atoms with Crippen LogP contribution in [-0.4, -0.2) is 39.5 Å². The summed E-state index contributed by atoms with van der Waals surface area (Å²) < 4.78 is 11.4. The standard InChI is InChI=1S/C20H24N2O2/c1-23-17-9-8-16-7-6-15-4-2-3-5-19(15)22(20(16)12-17)14-18-13-21-10-11-24-18/h2-5,8-9,12,18,21H,6-7,10-11,13-14H2,1H3. The van der Waals surface area contributed by atoms with E-state index in [0.29, 0.717) is 0 Å². The van der Waals surface area contributed by atoms with E-state index in [1.54, 1.807) is 7.11 Å². The molecule has 4 nitrogen and oxygen atoms in total. The van der Waals surface area contributed by atoms with Crippen molar-refractivity contribution in [3.8, 4) is 5.75 Å². The monoisotopic (exact) mass is 324 g/mol. The van der Waals surface area contributed by atoms with E-state index in [1.165, 1.54) is 22.5 Å². The lowest BCUT2D eigenvalue weighted by Gasteiger charge is -2.33. The third-order valence-electron chi connectivity index (χ3n) is 4.92. The summed E-state index contributed by atoms with van der Waals surface area (Å²) in [6.45, 7) is 3.48. The summed E-state index contributed by atoms with van der Waals surface area (Å²) in [4.78, 5) is 2.41. The number of hydrogen-bond acceptors (Lipinski definition) is 4. The number of para-hydroxylation sites is 1. The van der Waals surface area contributed by atoms with E-state index in [0.717, 1.165) is 44.8 Å². The molecule has 2 heterocycles. The maximum Gasteiger partial charge on any atom is 0.120 e. The molecule has 0 saturated carbocycles. The highest BCUT2D eigenvalue weighted by atomic mass is 16.5. The van der Waals surface area contributed by atoms with Crippen LogP contribution < -0.4 is 15.0 Å². The number of nitrogens with one attached hydrogen (secondary N) is 1. The Labute approximate surface area is 143 Å². The number of morpholine rings is 1. The Balaban J connectivity index is 1.76. The third-order valence-corrected chi connectivity index (χ3v) is 4.92. The molecule has 0 aromatic heterocycles. The average molecular weight is 324 g/mol. The predicted octanol–water partition coefficient (Wildman–Crippen LogP) is 2.92. The molecule has 1 N–H and O–H groups in total. The van der Waals surface area contributed by atoms with Crippen LogP contribution in [0.25, 0.3) is 0 Å². The maximum absolute atomic E-state index is 5.97. The summed E-state index contributed by atoms with van der Waals surface area (Å²) in [6, 6.07) is 15.1. The Morgan fingerprint density at radius 3 is 2.75 bits per heavy atom. The molecule has 1 unspecified atom stereocenters. The van der Waals surface area contributed by atoms with Crippen molar-refractivity contribution in [1.82, 2.24) is 5.32 Å². The normalized spacial score (nSPS) is 20.0. The first-order valence-electron chi connectivity index (χ1n) is 8.70. The molecular formula is C20H24N2O2. The van der Waals surface area contributed by atoms with Gasteiger partial charge in [0.1, 0.15) is 5.75 Å². The lowest BCUT2D eigenvalue weighted by molar-refractivity contribution is 0.0346. The van der Waals surface area contributed by atoms with Gasteiger partial charge in [0.25, 0.3) is 0 Å². The second kappa shape index (κ2) is 6.83. The van der Waals surface area contributed by atoms with Crippen molar-refractivity contribution in [3.05, 3.63) is 53.6 Å². The van der Waals surface area contributed by atoms with Gasteiger partial charge in [-0.2, -0.15) is 0 Å². The molecule has 1 atom stereocenters. The molecule has 0 aliphatic carbocycles. The number of aryl methyl sites for hydroxylation is 2. The lowest BCUT2D eigenvalue weighted by atomic mass is 10.0. The van der Waals surface area contributed by atoms with Crippen LogP contribution in [0.15, 0.2) is 42.5 Å². The van der Waals surface area contributed by atoms with Gasteiger partial charge >= 0.3 is 0 Å². The number of ether oxygens (including phenoxy) is 2. The third kappa shape index (κ3) is 2.99. The summed E-state index contributed by atoms with van der Waals surface area (Å²) in [6.07, 6.45) is 2.32. The number of nitrogens with zero attached hydrogens (tertiary/aromatic N) is 1. The molecule has 126 valence electrons. The van der Waals surface area contributed by atoms with Crippen LogP contribution in [-0.2, 0) is 17.6 Å². The Bertz CT molecular complexity index is 711. The number of hydrogen-bond donors (Lipinski definition) is 1. The Hall–Kier alpha value is -2.04. The number of anilines is 2. The maximum atomic E-state index is 5.97. The summed E-state index contributed by atoms with van der Waals surface area (Å²) in [5.41, 5.74) is 5.30. The SMILES string of the molecule is COc1ccc2c(c1)N(CC1CNCCO1)c1ccccc1CC2. The zero-order valence-electron chi connectivity index (χ0n) is 14.1. The van der Waals surface area contributed by atoms with E-state index in [1.807, 2.05) is 0 Å². The van der Waals surface area contributed by atoms with E-state index in [9.17, 15) is 0 Å². The zero-order valence-corrected chi connectivity index (χ0v) is 14.1. The summed E-state index contributed by atoms with van der Waals surface area (Å²) in [7, 11) is 1.73. The van der Waals surface area contributed by atoms with Gasteiger partial charge in [-0.05, 0) is 36.1 Å². The quantitative estimate of drug-likeness (QED) is 0.941. The van der Waals surface area contributed by atoms with Gasteiger partial charge < -0.3 is 19.7 Å². The van der Waals surface area contributed by atoms with E-state index in [-0.39, 0.29) is 6.10 Å². The summed E-state index contributed by atoms with van der Waals surface area (Å²) in [5, 5.41) is 3.43. The summed E-state index contributed by atoms with van der Waals surface area (Å²) in [5.74, 6) is 0.904. The molecule has 0 amide bonds. The minimum Gasteiger partial charge on any atom is -0.497 e. The van der Waals surface area contributed by atoms with Gasteiger partial charge in [0.15, 0.2) is 0 Å². The number of fused-ring (bicyclic) bond motifs is 2. The largest absolute Gasteiger partial charge is 0.497 e. The van der Waals surface area contributed by atoms with Crippen molar-refractivity contribution in [2.24, 2.45) is 0 Å². The van der Waals surface area contributed by atoms with Crippen molar-refractivity contribution in [3.63, 3.8) is 0 Å². The molecule has 2 aliphatic rings. The highest BCUT2D eigenvalue weighted by Crippen LogP contribution is 2.38. The zero-order chi connectivity index (χ0) is 16.4. The smallest absolute Gasteiger partial charge is 0.120 e. The fourth-order valence-corrected chi connectivity index (χ4v) is 3.66. The highest BCUT2D eigenvalue weighted by Gasteiger charge is 2.25. The Morgan fingerprint density at radius 1 is 1.12 bits per heavy atom. The number of rotatable bonds is 3. The van der Waals surface area contributed by atoms with Crippen molar-refractivity contribution in [2.45, 2.75) is 18.9 Å². The Kier molecular flexibility index (Phi) is 4.41. The van der Waals surface area contributed by atoms with E-state index >= 15 is 0 Å². The first-order valence-corrected chi connectivity index (χ1v) is 8.70. The molecule has 0 radical (unpaired) electrons. The summed E-state index contributed by atoms with van der Waals surface area (Å²) >= 11 is 0. The fourth-order valence-electron chi connectivity index (χ4n) is 3.66. The van der Waals surface area contributed by atoms with Crippen LogP contribution in [0, 0.1) is 0 Å². The number of methoxy groups -OCH3 is 1. The molecule has 1 fully saturated rings. The lowest BCUT2D eigenvalue weighted by Crippen LogP contribution is -2.44. The molecule has 2 aliphatic heterocycles. The van der Waals surface area contributed by atoms with Crippen LogP contribution in [0.1, 0.15) is 11.1 Å². The second-order valence-electron chi connectivity index (χ2n) is 6.43. The van der Waals surface area contributed by atoms with Crippen LogP contribution in [0.2, 0.25) is 0 Å². The van der Waals surface area contributed by atoms with Crippen LogP contribution in [0.5, 0.6) is 5.75 Å². The first-order chi connectivity index (χ1) is 11.8. The minimum absolute atomic E-state index is 0.198.